The average molecular weight is 436 g/mol. The van der Waals surface area contributed by atoms with Gasteiger partial charge < -0.3 is 10.1 Å². The molecule has 32 heavy (non-hydrogen) atoms. The number of aliphatic imine (C=N–C) groups is 1. The van der Waals surface area contributed by atoms with Crippen LogP contribution in [-0.2, 0) is 4.74 Å². The Kier molecular flexibility index (Phi) is 8.26. The smallest absolute Gasteiger partial charge is 0.211 e. The van der Waals surface area contributed by atoms with E-state index in [1.807, 2.05) is 43.2 Å². The van der Waals surface area contributed by atoms with E-state index in [-0.39, 0.29) is 0 Å². The Morgan fingerprint density at radius 3 is 2.66 bits per heavy atom. The summed E-state index contributed by atoms with van der Waals surface area (Å²) in [4.78, 5) is 8.97. The maximum atomic E-state index is 5.31. The van der Waals surface area contributed by atoms with Gasteiger partial charge in [-0.2, -0.15) is 5.10 Å². The summed E-state index contributed by atoms with van der Waals surface area (Å²) in [6.45, 7) is 13.5. The molecule has 1 fully saturated rings. The van der Waals surface area contributed by atoms with Gasteiger partial charge in [0.05, 0.1) is 13.3 Å². The SMILES string of the molecule is C=C(C=NC(OC)=C(C)C)C1CCC(CNc2cc(-c3cnn(C(C)C)c3)ccn2)CC1. The number of ether oxygens (including phenoxy) is 1. The van der Waals surface area contributed by atoms with Crippen LogP contribution >= 0.6 is 0 Å². The lowest BCUT2D eigenvalue weighted by Crippen LogP contribution is -2.22. The molecule has 0 amide bonds. The fourth-order valence-electron chi connectivity index (χ4n) is 4.10. The van der Waals surface area contributed by atoms with Gasteiger partial charge in [-0.3, -0.25) is 4.68 Å². The number of allylic oxidation sites excluding steroid dienone is 2. The summed E-state index contributed by atoms with van der Waals surface area (Å²) in [5.41, 5.74) is 4.43. The summed E-state index contributed by atoms with van der Waals surface area (Å²) >= 11 is 0. The minimum atomic E-state index is 0.356. The molecule has 2 aromatic rings. The molecule has 6 heteroatoms. The van der Waals surface area contributed by atoms with Crippen LogP contribution in [-0.4, -0.2) is 34.6 Å². The van der Waals surface area contributed by atoms with Crippen molar-refractivity contribution < 1.29 is 4.74 Å². The molecule has 1 saturated carbocycles. The van der Waals surface area contributed by atoms with Crippen LogP contribution in [0, 0.1) is 11.8 Å². The molecule has 6 nitrogen and oxygen atoms in total. The highest BCUT2D eigenvalue weighted by Gasteiger charge is 2.22. The van der Waals surface area contributed by atoms with Crippen molar-refractivity contribution in [2.45, 2.75) is 59.4 Å². The second-order valence-electron chi connectivity index (χ2n) is 9.17. The summed E-state index contributed by atoms with van der Waals surface area (Å²) in [6.07, 6.45) is 12.4. The van der Waals surface area contributed by atoms with Crippen molar-refractivity contribution in [3.05, 3.63) is 54.3 Å². The summed E-state index contributed by atoms with van der Waals surface area (Å²) in [5, 5.41) is 8.00. The van der Waals surface area contributed by atoms with Crippen LogP contribution in [0.1, 0.15) is 59.4 Å². The molecule has 1 aliphatic rings. The van der Waals surface area contributed by atoms with Crippen molar-refractivity contribution >= 4 is 12.0 Å². The third-order valence-corrected chi connectivity index (χ3v) is 6.14. The van der Waals surface area contributed by atoms with Crippen molar-refractivity contribution in [2.24, 2.45) is 16.8 Å². The molecule has 3 rings (SSSR count). The number of hydrogen-bond acceptors (Lipinski definition) is 5. The molecule has 0 bridgehead atoms. The van der Waals surface area contributed by atoms with Crippen molar-refractivity contribution in [2.75, 3.05) is 19.0 Å². The molecule has 0 unspecified atom stereocenters. The lowest BCUT2D eigenvalue weighted by Gasteiger charge is -2.29. The van der Waals surface area contributed by atoms with E-state index in [0.29, 0.717) is 23.8 Å². The van der Waals surface area contributed by atoms with Gasteiger partial charge in [-0.25, -0.2) is 9.98 Å². The lowest BCUT2D eigenvalue weighted by molar-refractivity contribution is 0.284. The Morgan fingerprint density at radius 1 is 1.28 bits per heavy atom. The molecule has 0 atom stereocenters. The molecule has 1 N–H and O–H groups in total. The summed E-state index contributed by atoms with van der Waals surface area (Å²) in [6, 6.07) is 4.51. The van der Waals surface area contributed by atoms with Crippen molar-refractivity contribution in [1.82, 2.24) is 14.8 Å². The highest BCUT2D eigenvalue weighted by molar-refractivity contribution is 5.79. The first kappa shape index (κ1) is 23.8. The topological polar surface area (TPSA) is 64.3 Å². The highest BCUT2D eigenvalue weighted by Crippen LogP contribution is 2.32. The van der Waals surface area contributed by atoms with Crippen LogP contribution < -0.4 is 5.32 Å². The summed E-state index contributed by atoms with van der Waals surface area (Å²) in [5.74, 6) is 2.75. The molecule has 0 spiro atoms. The Hall–Kier alpha value is -2.89. The Bertz CT molecular complexity index is 960. The molecule has 1 aliphatic carbocycles. The van der Waals surface area contributed by atoms with Crippen LogP contribution in [0.15, 0.2) is 59.3 Å². The second-order valence-corrected chi connectivity index (χ2v) is 9.17. The zero-order valence-corrected chi connectivity index (χ0v) is 20.1. The molecule has 2 heterocycles. The number of rotatable bonds is 9. The van der Waals surface area contributed by atoms with E-state index in [4.69, 9.17) is 4.74 Å². The van der Waals surface area contributed by atoms with Gasteiger partial charge in [-0.1, -0.05) is 6.58 Å². The van der Waals surface area contributed by atoms with Gasteiger partial charge in [-0.05, 0) is 94.1 Å². The number of anilines is 1. The summed E-state index contributed by atoms with van der Waals surface area (Å²) in [7, 11) is 1.66. The van der Waals surface area contributed by atoms with Crippen molar-refractivity contribution in [3.8, 4) is 11.1 Å². The quantitative estimate of drug-likeness (QED) is 0.372. The molecule has 0 aliphatic heterocycles. The largest absolute Gasteiger partial charge is 0.481 e. The zero-order valence-electron chi connectivity index (χ0n) is 20.1. The van der Waals surface area contributed by atoms with E-state index in [1.165, 1.54) is 12.8 Å². The lowest BCUT2D eigenvalue weighted by atomic mass is 9.79. The van der Waals surface area contributed by atoms with Gasteiger partial charge in [-0.15, -0.1) is 0 Å². The maximum absolute atomic E-state index is 5.31. The van der Waals surface area contributed by atoms with Crippen molar-refractivity contribution in [1.29, 1.82) is 0 Å². The van der Waals surface area contributed by atoms with E-state index >= 15 is 0 Å². The predicted molar refractivity (Wildman–Crippen MR) is 133 cm³/mol. The number of nitrogens with one attached hydrogen (secondary N) is 1. The third kappa shape index (κ3) is 6.31. The summed E-state index contributed by atoms with van der Waals surface area (Å²) < 4.78 is 7.29. The number of aromatic nitrogens is 3. The van der Waals surface area contributed by atoms with Crippen LogP contribution in [0.4, 0.5) is 5.82 Å². The highest BCUT2D eigenvalue weighted by atomic mass is 16.5. The molecule has 0 saturated heterocycles. The second kappa shape index (κ2) is 11.1. The number of pyridine rings is 1. The van der Waals surface area contributed by atoms with Gasteiger partial charge in [0.25, 0.3) is 0 Å². The Balaban J connectivity index is 1.49. The van der Waals surface area contributed by atoms with Gasteiger partial charge in [0, 0.05) is 36.8 Å². The number of nitrogens with zero attached hydrogens (tertiary/aromatic N) is 4. The number of methoxy groups -OCH3 is 1. The van der Waals surface area contributed by atoms with E-state index in [0.717, 1.165) is 47.5 Å². The molecule has 172 valence electrons. The average Bonchev–Trinajstić information content (AvgIpc) is 3.29. The van der Waals surface area contributed by atoms with Crippen LogP contribution in [0.2, 0.25) is 0 Å². The molecule has 0 aromatic carbocycles. The van der Waals surface area contributed by atoms with E-state index in [2.05, 4.69) is 53.1 Å². The minimum Gasteiger partial charge on any atom is -0.481 e. The third-order valence-electron chi connectivity index (χ3n) is 6.14. The van der Waals surface area contributed by atoms with E-state index in [1.54, 1.807) is 7.11 Å². The fraction of sp³-hybridized carbons (Fsp3) is 0.500. The maximum Gasteiger partial charge on any atom is 0.211 e. The number of hydrogen-bond donors (Lipinski definition) is 1. The van der Waals surface area contributed by atoms with E-state index in [9.17, 15) is 0 Å². The van der Waals surface area contributed by atoms with Crippen molar-refractivity contribution in [3.63, 3.8) is 0 Å². The molecular formula is C26H37N5O. The molecular weight excluding hydrogens is 398 g/mol. The fourth-order valence-corrected chi connectivity index (χ4v) is 4.10. The van der Waals surface area contributed by atoms with E-state index < -0.39 is 0 Å². The van der Waals surface area contributed by atoms with Gasteiger partial charge in [0.2, 0.25) is 5.88 Å². The van der Waals surface area contributed by atoms with Gasteiger partial charge in [0.15, 0.2) is 0 Å². The first-order chi connectivity index (χ1) is 15.4. The first-order valence-corrected chi connectivity index (χ1v) is 11.6. The monoisotopic (exact) mass is 435 g/mol. The van der Waals surface area contributed by atoms with Crippen LogP contribution in [0.3, 0.4) is 0 Å². The predicted octanol–water partition coefficient (Wildman–Crippen LogP) is 6.27. The van der Waals surface area contributed by atoms with Gasteiger partial charge in [0.1, 0.15) is 5.82 Å². The first-order valence-electron chi connectivity index (χ1n) is 11.6. The zero-order chi connectivity index (χ0) is 23.1. The molecule has 2 aromatic heterocycles. The van der Waals surface area contributed by atoms with Gasteiger partial charge >= 0.3 is 0 Å². The minimum absolute atomic E-state index is 0.356. The normalized spacial score (nSPS) is 18.7. The van der Waals surface area contributed by atoms with Crippen LogP contribution in [0.5, 0.6) is 0 Å². The Labute approximate surface area is 192 Å². The Morgan fingerprint density at radius 2 is 2.03 bits per heavy atom. The molecule has 0 radical (unpaired) electrons. The van der Waals surface area contributed by atoms with Crippen LogP contribution in [0.25, 0.3) is 11.1 Å². The standard InChI is InChI=1S/C26H37N5O/c1-18(2)26(32-6)29-14-20(5)22-9-7-21(8-10-22)15-28-25-13-23(11-12-27-25)24-16-30-31(17-24)19(3)4/h11-14,16-17,19,21-22H,5,7-10,15H2,1-4,6H3,(H,27,28).